The van der Waals surface area contributed by atoms with Crippen molar-refractivity contribution in [3.05, 3.63) is 31.8 Å². The maximum Gasteiger partial charge on any atom is 0.275 e. The third kappa shape index (κ3) is 2.99. The van der Waals surface area contributed by atoms with Gasteiger partial charge in [0.05, 0.1) is 26.5 Å². The molecule has 2 rings (SSSR count). The van der Waals surface area contributed by atoms with Crippen molar-refractivity contribution < 1.29 is 4.79 Å². The van der Waals surface area contributed by atoms with E-state index in [0.29, 0.717) is 12.2 Å². The number of hydrogen-bond donors (Lipinski definition) is 0. The van der Waals surface area contributed by atoms with Gasteiger partial charge in [-0.1, -0.05) is 0 Å². The van der Waals surface area contributed by atoms with Gasteiger partial charge in [-0.3, -0.25) is 14.2 Å². The lowest BCUT2D eigenvalue weighted by atomic mass is 10.3. The van der Waals surface area contributed by atoms with Crippen molar-refractivity contribution in [1.82, 2.24) is 24.5 Å². The van der Waals surface area contributed by atoms with E-state index in [2.05, 4.69) is 48.7 Å². The van der Waals surface area contributed by atoms with Crippen molar-refractivity contribution in [2.75, 3.05) is 7.05 Å². The van der Waals surface area contributed by atoms with E-state index in [1.807, 2.05) is 13.2 Å². The molecule has 0 fully saturated rings. The molecular formula is C11H13BrIN5O. The Balaban J connectivity index is 2.19. The van der Waals surface area contributed by atoms with Gasteiger partial charge < -0.3 is 4.90 Å². The van der Waals surface area contributed by atoms with Crippen molar-refractivity contribution in [3.8, 4) is 0 Å². The van der Waals surface area contributed by atoms with Gasteiger partial charge >= 0.3 is 0 Å². The molecule has 0 saturated carbocycles. The molecule has 6 nitrogen and oxygen atoms in total. The summed E-state index contributed by atoms with van der Waals surface area (Å²) in [5.41, 5.74) is 1.42. The highest BCUT2D eigenvalue weighted by atomic mass is 127. The molecule has 0 aliphatic carbocycles. The summed E-state index contributed by atoms with van der Waals surface area (Å²) in [7, 11) is 5.41. The average Bonchev–Trinajstić information content (AvgIpc) is 2.84. The Bertz CT molecular complexity index is 601. The molecule has 0 bridgehead atoms. The zero-order valence-corrected chi connectivity index (χ0v) is 14.5. The van der Waals surface area contributed by atoms with Crippen molar-refractivity contribution >= 4 is 44.4 Å². The van der Waals surface area contributed by atoms with Gasteiger partial charge in [0, 0.05) is 27.3 Å². The summed E-state index contributed by atoms with van der Waals surface area (Å²) in [6.07, 6.45) is 3.54. The molecule has 0 unspecified atom stereocenters. The summed E-state index contributed by atoms with van der Waals surface area (Å²) in [5, 5.41) is 8.32. The molecular weight excluding hydrogens is 425 g/mol. The fraction of sp³-hybridized carbons (Fsp3) is 0.364. The minimum atomic E-state index is -0.0990. The molecule has 0 aliphatic heterocycles. The molecule has 0 radical (unpaired) electrons. The molecule has 0 N–H and O–H groups in total. The summed E-state index contributed by atoms with van der Waals surface area (Å²) in [6.45, 7) is 0.475. The number of rotatable bonds is 3. The standard InChI is InChI=1S/C11H13BrIN5O/c1-16(6-9-7(12)4-14-18(9)3)11(19)10-8(13)5-17(2)15-10/h4-5H,6H2,1-3H3. The number of carbonyl (C=O) groups excluding carboxylic acids is 1. The minimum absolute atomic E-state index is 0.0990. The van der Waals surface area contributed by atoms with Crippen molar-refractivity contribution in [2.45, 2.75) is 6.54 Å². The SMILES string of the molecule is CN(Cc1c(Br)cnn1C)C(=O)c1nn(C)cc1I. The lowest BCUT2D eigenvalue weighted by Gasteiger charge is -2.16. The van der Waals surface area contributed by atoms with E-state index in [1.165, 1.54) is 0 Å². The van der Waals surface area contributed by atoms with Crippen LogP contribution in [-0.4, -0.2) is 37.4 Å². The topological polar surface area (TPSA) is 56.0 Å². The van der Waals surface area contributed by atoms with E-state index in [4.69, 9.17) is 0 Å². The van der Waals surface area contributed by atoms with Crippen LogP contribution >= 0.6 is 38.5 Å². The van der Waals surface area contributed by atoms with Crippen LogP contribution < -0.4 is 0 Å². The molecule has 8 heteroatoms. The Morgan fingerprint density at radius 1 is 1.53 bits per heavy atom. The summed E-state index contributed by atoms with van der Waals surface area (Å²) in [5.74, 6) is -0.0990. The second kappa shape index (κ2) is 5.61. The van der Waals surface area contributed by atoms with Gasteiger partial charge in [-0.25, -0.2) is 0 Å². The molecule has 0 aliphatic rings. The van der Waals surface area contributed by atoms with Crippen LogP contribution in [0.5, 0.6) is 0 Å². The third-order valence-corrected chi connectivity index (χ3v) is 4.18. The van der Waals surface area contributed by atoms with Crippen molar-refractivity contribution in [2.24, 2.45) is 14.1 Å². The highest BCUT2D eigenvalue weighted by Crippen LogP contribution is 2.18. The Labute approximate surface area is 133 Å². The highest BCUT2D eigenvalue weighted by molar-refractivity contribution is 14.1. The van der Waals surface area contributed by atoms with Gasteiger partial charge in [0.15, 0.2) is 5.69 Å². The summed E-state index contributed by atoms with van der Waals surface area (Å²) in [6, 6.07) is 0. The zero-order valence-electron chi connectivity index (χ0n) is 10.8. The maximum atomic E-state index is 12.3. The normalized spacial score (nSPS) is 10.8. The minimum Gasteiger partial charge on any atom is -0.334 e. The van der Waals surface area contributed by atoms with Crippen LogP contribution in [0.25, 0.3) is 0 Å². The second-order valence-corrected chi connectivity index (χ2v) is 6.24. The Morgan fingerprint density at radius 3 is 2.68 bits per heavy atom. The Hall–Kier alpha value is -0.900. The fourth-order valence-electron chi connectivity index (χ4n) is 1.70. The first-order valence-corrected chi connectivity index (χ1v) is 7.38. The molecule has 1 amide bonds. The van der Waals surface area contributed by atoms with E-state index < -0.39 is 0 Å². The van der Waals surface area contributed by atoms with Gasteiger partial charge in [0.1, 0.15) is 0 Å². The number of nitrogens with zero attached hydrogens (tertiary/aromatic N) is 5. The number of aromatic nitrogens is 4. The number of amides is 1. The summed E-state index contributed by atoms with van der Waals surface area (Å²) >= 11 is 5.54. The second-order valence-electron chi connectivity index (χ2n) is 4.22. The van der Waals surface area contributed by atoms with Crippen LogP contribution in [0.4, 0.5) is 0 Å². The van der Waals surface area contributed by atoms with Crippen LogP contribution in [-0.2, 0) is 20.6 Å². The maximum absolute atomic E-state index is 12.3. The van der Waals surface area contributed by atoms with Crippen molar-refractivity contribution in [1.29, 1.82) is 0 Å². The predicted molar refractivity (Wildman–Crippen MR) is 82.6 cm³/mol. The molecule has 102 valence electrons. The molecule has 19 heavy (non-hydrogen) atoms. The van der Waals surface area contributed by atoms with E-state index in [0.717, 1.165) is 13.7 Å². The quantitative estimate of drug-likeness (QED) is 0.688. The number of aryl methyl sites for hydroxylation is 2. The lowest BCUT2D eigenvalue weighted by Crippen LogP contribution is -2.28. The average molecular weight is 438 g/mol. The summed E-state index contributed by atoms with van der Waals surface area (Å²) in [4.78, 5) is 14.0. The highest BCUT2D eigenvalue weighted by Gasteiger charge is 2.20. The van der Waals surface area contributed by atoms with Gasteiger partial charge in [0.25, 0.3) is 5.91 Å². The molecule has 2 aromatic heterocycles. The molecule has 0 spiro atoms. The van der Waals surface area contributed by atoms with Gasteiger partial charge in [-0.2, -0.15) is 10.2 Å². The zero-order chi connectivity index (χ0) is 14.2. The third-order valence-electron chi connectivity index (χ3n) is 2.73. The Kier molecular flexibility index (Phi) is 4.29. The smallest absolute Gasteiger partial charge is 0.275 e. The fourth-order valence-corrected chi connectivity index (χ4v) is 2.91. The van der Waals surface area contributed by atoms with Crippen LogP contribution in [0.1, 0.15) is 16.2 Å². The van der Waals surface area contributed by atoms with Crippen LogP contribution in [0.15, 0.2) is 16.9 Å². The number of halogens is 2. The first-order chi connectivity index (χ1) is 8.90. The number of carbonyl (C=O) groups is 1. The molecule has 2 aromatic rings. The summed E-state index contributed by atoms with van der Waals surface area (Å²) < 4.78 is 5.13. The first kappa shape index (κ1) is 14.5. The lowest BCUT2D eigenvalue weighted by molar-refractivity contribution is 0.0774. The van der Waals surface area contributed by atoms with Crippen molar-refractivity contribution in [3.63, 3.8) is 0 Å². The monoisotopic (exact) mass is 437 g/mol. The van der Waals surface area contributed by atoms with Gasteiger partial charge in [0.2, 0.25) is 0 Å². The predicted octanol–water partition coefficient (Wildman–Crippen LogP) is 1.79. The first-order valence-electron chi connectivity index (χ1n) is 5.51. The van der Waals surface area contributed by atoms with E-state index >= 15 is 0 Å². The number of hydrogen-bond acceptors (Lipinski definition) is 3. The molecule has 0 atom stereocenters. The molecule has 2 heterocycles. The van der Waals surface area contributed by atoms with E-state index in [1.54, 1.807) is 34.6 Å². The van der Waals surface area contributed by atoms with Crippen LogP contribution in [0, 0.1) is 3.57 Å². The van der Waals surface area contributed by atoms with E-state index in [9.17, 15) is 4.79 Å². The molecule has 0 aromatic carbocycles. The van der Waals surface area contributed by atoms with Gasteiger partial charge in [-0.15, -0.1) is 0 Å². The van der Waals surface area contributed by atoms with Crippen LogP contribution in [0.2, 0.25) is 0 Å². The van der Waals surface area contributed by atoms with E-state index in [-0.39, 0.29) is 5.91 Å². The van der Waals surface area contributed by atoms with Gasteiger partial charge in [-0.05, 0) is 38.5 Å². The van der Waals surface area contributed by atoms with Crippen LogP contribution in [0.3, 0.4) is 0 Å². The largest absolute Gasteiger partial charge is 0.334 e. The molecule has 0 saturated heterocycles. The Morgan fingerprint density at radius 2 is 2.21 bits per heavy atom.